The highest BCUT2D eigenvalue weighted by Crippen LogP contribution is 2.27. The van der Waals surface area contributed by atoms with Crippen molar-refractivity contribution in [1.29, 1.82) is 0 Å². The van der Waals surface area contributed by atoms with Crippen LogP contribution in [0.4, 0.5) is 0 Å². The molecule has 3 rings (SSSR count). The first kappa shape index (κ1) is 11.0. The largest absolute Gasteiger partial charge is 0.338 e. The van der Waals surface area contributed by atoms with Crippen molar-refractivity contribution >= 4 is 22.6 Å². The first-order chi connectivity index (χ1) is 8.66. The number of hydrogen-bond donors (Lipinski definition) is 1. The smallest absolute Gasteiger partial charge is 0.164 e. The van der Waals surface area contributed by atoms with E-state index in [0.717, 1.165) is 16.5 Å². The van der Waals surface area contributed by atoms with Gasteiger partial charge in [0.2, 0.25) is 0 Å². The van der Waals surface area contributed by atoms with Gasteiger partial charge in [-0.05, 0) is 12.5 Å². The SMILES string of the molecule is Cc1cn(N)c2nc(-c3ccccc3)nc(Cl)c12. The second-order valence-corrected chi connectivity index (χ2v) is 4.48. The lowest BCUT2D eigenvalue weighted by Crippen LogP contribution is -2.07. The molecule has 3 aromatic rings. The predicted molar refractivity (Wildman–Crippen MR) is 72.9 cm³/mol. The van der Waals surface area contributed by atoms with E-state index in [9.17, 15) is 0 Å². The van der Waals surface area contributed by atoms with Crippen LogP contribution >= 0.6 is 11.6 Å². The minimum absolute atomic E-state index is 0.431. The number of benzene rings is 1. The second-order valence-electron chi connectivity index (χ2n) is 4.12. The van der Waals surface area contributed by atoms with Gasteiger partial charge in [0.15, 0.2) is 11.5 Å². The molecule has 2 N–H and O–H groups in total. The first-order valence-corrected chi connectivity index (χ1v) is 5.90. The van der Waals surface area contributed by atoms with Crippen LogP contribution in [0, 0.1) is 6.92 Å². The molecular weight excluding hydrogens is 248 g/mol. The van der Waals surface area contributed by atoms with Crippen LogP contribution in [-0.2, 0) is 0 Å². The number of aryl methyl sites for hydroxylation is 1. The molecule has 0 saturated carbocycles. The molecule has 90 valence electrons. The summed E-state index contributed by atoms with van der Waals surface area (Å²) < 4.78 is 1.48. The Morgan fingerprint density at radius 3 is 2.61 bits per heavy atom. The molecule has 1 aromatic carbocycles. The molecule has 2 aromatic heterocycles. The Morgan fingerprint density at radius 2 is 1.89 bits per heavy atom. The van der Waals surface area contributed by atoms with Gasteiger partial charge in [-0.1, -0.05) is 41.9 Å². The van der Waals surface area contributed by atoms with Gasteiger partial charge in [0.05, 0.1) is 5.39 Å². The quantitative estimate of drug-likeness (QED) is 0.539. The lowest BCUT2D eigenvalue weighted by Gasteiger charge is -2.03. The summed E-state index contributed by atoms with van der Waals surface area (Å²) in [7, 11) is 0. The molecule has 0 fully saturated rings. The molecule has 0 saturated heterocycles. The monoisotopic (exact) mass is 258 g/mol. The Kier molecular flexibility index (Phi) is 2.45. The van der Waals surface area contributed by atoms with Crippen molar-refractivity contribution in [2.75, 3.05) is 5.84 Å². The van der Waals surface area contributed by atoms with E-state index in [1.807, 2.05) is 37.3 Å². The van der Waals surface area contributed by atoms with Crippen LogP contribution in [0.1, 0.15) is 5.56 Å². The van der Waals surface area contributed by atoms with Gasteiger partial charge >= 0.3 is 0 Å². The Labute approximate surface area is 109 Å². The molecule has 2 heterocycles. The van der Waals surface area contributed by atoms with E-state index in [4.69, 9.17) is 17.4 Å². The molecule has 0 aliphatic rings. The topological polar surface area (TPSA) is 56.7 Å². The van der Waals surface area contributed by atoms with Crippen molar-refractivity contribution in [2.24, 2.45) is 0 Å². The predicted octanol–water partition coefficient (Wildman–Crippen LogP) is 2.77. The lowest BCUT2D eigenvalue weighted by atomic mass is 10.2. The van der Waals surface area contributed by atoms with Gasteiger partial charge in [0.25, 0.3) is 0 Å². The van der Waals surface area contributed by atoms with Crippen molar-refractivity contribution in [3.8, 4) is 11.4 Å². The van der Waals surface area contributed by atoms with Gasteiger partial charge in [-0.2, -0.15) is 0 Å². The van der Waals surface area contributed by atoms with Crippen molar-refractivity contribution in [3.63, 3.8) is 0 Å². The van der Waals surface area contributed by atoms with E-state index in [1.165, 1.54) is 4.68 Å². The molecule has 0 spiro atoms. The highest BCUT2D eigenvalue weighted by molar-refractivity contribution is 6.34. The minimum Gasteiger partial charge on any atom is -0.338 e. The van der Waals surface area contributed by atoms with Crippen LogP contribution in [0.15, 0.2) is 36.5 Å². The molecule has 0 radical (unpaired) electrons. The zero-order valence-electron chi connectivity index (χ0n) is 9.76. The summed E-state index contributed by atoms with van der Waals surface area (Å²) in [4.78, 5) is 8.80. The number of nitrogen functional groups attached to an aromatic ring is 1. The van der Waals surface area contributed by atoms with Crippen LogP contribution in [0.2, 0.25) is 5.15 Å². The first-order valence-electron chi connectivity index (χ1n) is 5.52. The molecule has 0 aliphatic carbocycles. The van der Waals surface area contributed by atoms with E-state index in [0.29, 0.717) is 16.6 Å². The number of hydrogen-bond acceptors (Lipinski definition) is 3. The van der Waals surface area contributed by atoms with Crippen LogP contribution < -0.4 is 5.84 Å². The summed E-state index contributed by atoms with van der Waals surface area (Å²) in [6.45, 7) is 1.93. The highest BCUT2D eigenvalue weighted by Gasteiger charge is 2.13. The minimum atomic E-state index is 0.431. The standard InChI is InChI=1S/C13H11ClN4/c1-8-7-18(15)13-10(8)11(14)16-12(17-13)9-5-3-2-4-6-9/h2-7H,15H2,1H3. The third-order valence-corrected chi connectivity index (χ3v) is 3.12. The molecule has 4 nitrogen and oxygen atoms in total. The highest BCUT2D eigenvalue weighted by atomic mass is 35.5. The average Bonchev–Trinajstić information content (AvgIpc) is 2.66. The molecule has 0 amide bonds. The maximum absolute atomic E-state index is 6.21. The van der Waals surface area contributed by atoms with Gasteiger partial charge in [0.1, 0.15) is 5.15 Å². The van der Waals surface area contributed by atoms with Gasteiger partial charge in [0, 0.05) is 11.8 Å². The zero-order chi connectivity index (χ0) is 12.7. The van der Waals surface area contributed by atoms with Crippen LogP contribution in [0.3, 0.4) is 0 Å². The van der Waals surface area contributed by atoms with Crippen molar-refractivity contribution in [1.82, 2.24) is 14.6 Å². The van der Waals surface area contributed by atoms with Crippen molar-refractivity contribution < 1.29 is 0 Å². The summed E-state index contributed by atoms with van der Waals surface area (Å²) in [6.07, 6.45) is 1.79. The Morgan fingerprint density at radius 1 is 1.17 bits per heavy atom. The molecule has 0 aliphatic heterocycles. The Hall–Kier alpha value is -2.07. The third-order valence-electron chi connectivity index (χ3n) is 2.85. The third kappa shape index (κ3) is 1.62. The lowest BCUT2D eigenvalue weighted by molar-refractivity contribution is 1.02. The Balaban J connectivity index is 2.31. The number of rotatable bonds is 1. The maximum Gasteiger partial charge on any atom is 0.164 e. The van der Waals surface area contributed by atoms with Crippen LogP contribution in [0.25, 0.3) is 22.4 Å². The molecule has 0 unspecified atom stereocenters. The summed E-state index contributed by atoms with van der Waals surface area (Å²) >= 11 is 6.21. The number of halogens is 1. The van der Waals surface area contributed by atoms with Crippen LogP contribution in [0.5, 0.6) is 0 Å². The summed E-state index contributed by atoms with van der Waals surface area (Å²) in [6, 6.07) is 9.69. The fraction of sp³-hybridized carbons (Fsp3) is 0.0769. The normalized spacial score (nSPS) is 11.0. The number of nitrogens with two attached hydrogens (primary N) is 1. The van der Waals surface area contributed by atoms with Crippen molar-refractivity contribution in [2.45, 2.75) is 6.92 Å². The van der Waals surface area contributed by atoms with E-state index < -0.39 is 0 Å². The number of nitrogens with zero attached hydrogens (tertiary/aromatic N) is 3. The fourth-order valence-corrected chi connectivity index (χ4v) is 2.31. The molecule has 0 bridgehead atoms. The summed E-state index contributed by atoms with van der Waals surface area (Å²) in [5.74, 6) is 6.44. The number of fused-ring (bicyclic) bond motifs is 1. The van der Waals surface area contributed by atoms with Crippen molar-refractivity contribution in [3.05, 3.63) is 47.2 Å². The Bertz CT molecular complexity index is 719. The van der Waals surface area contributed by atoms with Gasteiger partial charge in [-0.15, -0.1) is 0 Å². The average molecular weight is 259 g/mol. The van der Waals surface area contributed by atoms with E-state index >= 15 is 0 Å². The van der Waals surface area contributed by atoms with Gasteiger partial charge in [-0.25, -0.2) is 9.97 Å². The van der Waals surface area contributed by atoms with Gasteiger partial charge < -0.3 is 5.84 Å². The molecule has 0 atom stereocenters. The maximum atomic E-state index is 6.21. The van der Waals surface area contributed by atoms with Gasteiger partial charge in [-0.3, -0.25) is 4.68 Å². The fourth-order valence-electron chi connectivity index (χ4n) is 2.00. The molecular formula is C13H11ClN4. The van der Waals surface area contributed by atoms with Crippen LogP contribution in [-0.4, -0.2) is 14.6 Å². The summed E-state index contributed by atoms with van der Waals surface area (Å²) in [5.41, 5.74) is 2.53. The van der Waals surface area contributed by atoms with E-state index in [1.54, 1.807) is 6.20 Å². The van der Waals surface area contributed by atoms with E-state index in [-0.39, 0.29) is 0 Å². The zero-order valence-corrected chi connectivity index (χ0v) is 10.5. The number of aromatic nitrogens is 3. The molecule has 5 heteroatoms. The molecule has 18 heavy (non-hydrogen) atoms. The second kappa shape index (κ2) is 3.99. The van der Waals surface area contributed by atoms with E-state index in [2.05, 4.69) is 9.97 Å². The summed E-state index contributed by atoms with van der Waals surface area (Å²) in [5, 5.41) is 1.24.